The van der Waals surface area contributed by atoms with E-state index in [1.54, 1.807) is 13.0 Å². The molecule has 0 aliphatic carbocycles. The van der Waals surface area contributed by atoms with Crippen LogP contribution in [0, 0.1) is 4.78 Å². The van der Waals surface area contributed by atoms with E-state index in [4.69, 9.17) is 10.3 Å². The fourth-order valence-corrected chi connectivity index (χ4v) is 2.55. The number of carbonyl (C=O) groups is 1. The molecule has 0 radical (unpaired) electrons. The fourth-order valence-electron chi connectivity index (χ4n) is 1.84. The van der Waals surface area contributed by atoms with Gasteiger partial charge in [-0.3, -0.25) is 9.69 Å². The highest BCUT2D eigenvalue weighted by molar-refractivity contribution is 7.91. The van der Waals surface area contributed by atoms with Crippen LogP contribution in [0.3, 0.4) is 0 Å². The van der Waals surface area contributed by atoms with Gasteiger partial charge in [0.2, 0.25) is 0 Å². The molecule has 0 aromatic heterocycles. The highest BCUT2D eigenvalue weighted by Gasteiger charge is 2.25. The van der Waals surface area contributed by atoms with Gasteiger partial charge in [0, 0.05) is 26.4 Å². The minimum Gasteiger partial charge on any atom is -0.278 e. The Balaban J connectivity index is 2.38. The van der Waals surface area contributed by atoms with Crippen LogP contribution in [0.4, 0.5) is 5.69 Å². The molecule has 8 heteroatoms. The van der Waals surface area contributed by atoms with E-state index in [0.29, 0.717) is 17.0 Å². The number of carbonyl (C=O) groups excluding carboxylic acids is 1. The Kier molecular flexibility index (Phi) is 3.35. The van der Waals surface area contributed by atoms with Gasteiger partial charge in [-0.1, -0.05) is 6.58 Å². The van der Waals surface area contributed by atoms with Crippen molar-refractivity contribution in [3.05, 3.63) is 58.6 Å². The number of nitrogens with one attached hydrogen (secondary N) is 1. The van der Waals surface area contributed by atoms with Crippen LogP contribution >= 0.6 is 0 Å². The number of benzene rings is 1. The molecule has 0 fully saturated rings. The summed E-state index contributed by atoms with van der Waals surface area (Å²) in [5.74, 6) is -0.176. The first kappa shape index (κ1) is 13.9. The Hall–Kier alpha value is -2.57. The minimum atomic E-state index is -3.52. The van der Waals surface area contributed by atoms with Crippen LogP contribution in [0.25, 0.3) is 10.4 Å². The highest BCUT2D eigenvalue weighted by atomic mass is 32.2. The highest BCUT2D eigenvalue weighted by Crippen LogP contribution is 2.28. The quantitative estimate of drug-likeness (QED) is 0.523. The number of amides is 1. The molecular formula is C12H11N5O2S. The van der Waals surface area contributed by atoms with Gasteiger partial charge < -0.3 is 0 Å². The molecular weight excluding hydrogens is 278 g/mol. The van der Waals surface area contributed by atoms with Crippen LogP contribution in [0.1, 0.15) is 6.92 Å². The summed E-state index contributed by atoms with van der Waals surface area (Å²) in [7, 11) is -3.52. The molecule has 1 atom stereocenters. The normalized spacial score (nSPS) is 17.4. The first-order valence-corrected chi connectivity index (χ1v) is 7.05. The number of allylic oxidation sites excluding steroid dienone is 1. The summed E-state index contributed by atoms with van der Waals surface area (Å²) in [5.41, 5.74) is 9.95. The number of azide groups is 1. The molecule has 1 heterocycles. The second-order valence-corrected chi connectivity index (χ2v) is 5.84. The molecule has 0 saturated carbocycles. The van der Waals surface area contributed by atoms with E-state index in [0.717, 1.165) is 0 Å². The summed E-state index contributed by atoms with van der Waals surface area (Å²) < 4.78 is 22.2. The molecule has 1 N–H and O–H groups in total. The third-order valence-corrected chi connectivity index (χ3v) is 3.99. The SMILES string of the molecule is C=C1C=C(C)C(=O)N1c1ccc(S(=N)(=O)N=[N+]=[N-])cc1. The van der Waals surface area contributed by atoms with Gasteiger partial charge in [-0.15, -0.1) is 0 Å². The van der Waals surface area contributed by atoms with E-state index in [9.17, 15) is 9.00 Å². The lowest BCUT2D eigenvalue weighted by molar-refractivity contribution is -0.114. The maximum absolute atomic E-state index is 11.9. The molecule has 0 spiro atoms. The molecule has 102 valence electrons. The predicted octanol–water partition coefficient (Wildman–Crippen LogP) is 3.12. The lowest BCUT2D eigenvalue weighted by Crippen LogP contribution is -2.24. The first-order chi connectivity index (χ1) is 9.36. The monoisotopic (exact) mass is 289 g/mol. The molecule has 7 nitrogen and oxygen atoms in total. The Morgan fingerprint density at radius 1 is 1.40 bits per heavy atom. The van der Waals surface area contributed by atoms with Crippen LogP contribution in [0.2, 0.25) is 0 Å². The van der Waals surface area contributed by atoms with Crippen LogP contribution in [0.15, 0.2) is 57.6 Å². The van der Waals surface area contributed by atoms with Gasteiger partial charge in [-0.05, 0) is 42.8 Å². The van der Waals surface area contributed by atoms with Gasteiger partial charge in [0.15, 0.2) is 9.92 Å². The Morgan fingerprint density at radius 2 is 2.00 bits per heavy atom. The zero-order valence-electron chi connectivity index (χ0n) is 10.6. The van der Waals surface area contributed by atoms with Crippen molar-refractivity contribution < 1.29 is 9.00 Å². The van der Waals surface area contributed by atoms with Crippen molar-refractivity contribution in [1.82, 2.24) is 0 Å². The standard InChI is InChI=1S/C12H11N5O2S/c1-8-7-9(2)17(12(8)18)10-3-5-11(6-4-10)20(14,19)16-15-13/h3-7,14H,2H2,1H3. The van der Waals surface area contributed by atoms with Gasteiger partial charge in [-0.25, -0.2) is 8.99 Å². The number of rotatable bonds is 3. The van der Waals surface area contributed by atoms with Gasteiger partial charge in [0.05, 0.1) is 4.90 Å². The Bertz CT molecular complexity index is 771. The van der Waals surface area contributed by atoms with Crippen molar-refractivity contribution in [2.24, 2.45) is 4.52 Å². The molecule has 1 amide bonds. The van der Waals surface area contributed by atoms with Crippen molar-refractivity contribution in [2.75, 3.05) is 4.90 Å². The molecule has 0 saturated heterocycles. The van der Waals surface area contributed by atoms with E-state index >= 15 is 0 Å². The second-order valence-electron chi connectivity index (χ2n) is 4.15. The molecule has 0 bridgehead atoms. The van der Waals surface area contributed by atoms with E-state index in [1.165, 1.54) is 29.2 Å². The second kappa shape index (κ2) is 4.84. The minimum absolute atomic E-state index is 0.0842. The van der Waals surface area contributed by atoms with Crippen molar-refractivity contribution in [3.63, 3.8) is 0 Å². The van der Waals surface area contributed by atoms with E-state index in [2.05, 4.69) is 16.0 Å². The lowest BCUT2D eigenvalue weighted by Gasteiger charge is -2.18. The Labute approximate surface area is 115 Å². The van der Waals surface area contributed by atoms with Gasteiger partial charge in [-0.2, -0.15) is 0 Å². The average molecular weight is 289 g/mol. The topological polar surface area (TPSA) is 110 Å². The third kappa shape index (κ3) is 2.29. The number of nitrogens with zero attached hydrogens (tertiary/aromatic N) is 4. The predicted molar refractivity (Wildman–Crippen MR) is 75.1 cm³/mol. The van der Waals surface area contributed by atoms with Crippen molar-refractivity contribution >= 4 is 21.5 Å². The smallest absolute Gasteiger partial charge is 0.258 e. The van der Waals surface area contributed by atoms with Crippen LogP contribution in [-0.2, 0) is 14.7 Å². The summed E-state index contributed by atoms with van der Waals surface area (Å²) in [6.45, 7) is 5.48. The van der Waals surface area contributed by atoms with Crippen molar-refractivity contribution in [1.29, 1.82) is 4.78 Å². The lowest BCUT2D eigenvalue weighted by atomic mass is 10.3. The van der Waals surface area contributed by atoms with E-state index < -0.39 is 9.92 Å². The van der Waals surface area contributed by atoms with Crippen LogP contribution < -0.4 is 4.90 Å². The molecule has 1 aliphatic heterocycles. The van der Waals surface area contributed by atoms with Crippen LogP contribution in [0.5, 0.6) is 0 Å². The number of anilines is 1. The summed E-state index contributed by atoms with van der Waals surface area (Å²) in [5, 5.41) is 0. The van der Waals surface area contributed by atoms with Gasteiger partial charge in [0.25, 0.3) is 5.91 Å². The van der Waals surface area contributed by atoms with Gasteiger partial charge >= 0.3 is 0 Å². The Morgan fingerprint density at radius 3 is 2.45 bits per heavy atom. The summed E-state index contributed by atoms with van der Waals surface area (Å²) in [6.07, 6.45) is 1.67. The third-order valence-electron chi connectivity index (χ3n) is 2.78. The largest absolute Gasteiger partial charge is 0.278 e. The zero-order chi connectivity index (χ0) is 14.9. The molecule has 2 rings (SSSR count). The van der Waals surface area contributed by atoms with Crippen molar-refractivity contribution in [2.45, 2.75) is 11.8 Å². The summed E-state index contributed by atoms with van der Waals surface area (Å²) >= 11 is 0. The summed E-state index contributed by atoms with van der Waals surface area (Å²) in [6, 6.07) is 5.86. The number of hydrogen-bond donors (Lipinski definition) is 1. The van der Waals surface area contributed by atoms with Crippen LogP contribution in [-0.4, -0.2) is 10.1 Å². The first-order valence-electron chi connectivity index (χ1n) is 5.53. The van der Waals surface area contributed by atoms with Crippen molar-refractivity contribution in [3.8, 4) is 0 Å². The molecule has 1 aromatic carbocycles. The molecule has 20 heavy (non-hydrogen) atoms. The fraction of sp³-hybridized carbons (Fsp3) is 0.0833. The molecule has 1 aliphatic rings. The average Bonchev–Trinajstić information content (AvgIpc) is 2.63. The maximum atomic E-state index is 11.9. The number of hydrogen-bond acceptors (Lipinski definition) is 3. The maximum Gasteiger partial charge on any atom is 0.258 e. The van der Waals surface area contributed by atoms with Gasteiger partial charge in [0.1, 0.15) is 0 Å². The van der Waals surface area contributed by atoms with E-state index in [1.807, 2.05) is 0 Å². The van der Waals surface area contributed by atoms with E-state index in [-0.39, 0.29) is 10.8 Å². The molecule has 1 aromatic rings. The molecule has 1 unspecified atom stereocenters. The summed E-state index contributed by atoms with van der Waals surface area (Å²) in [4.78, 5) is 15.8. The zero-order valence-corrected chi connectivity index (χ0v) is 11.4.